The van der Waals surface area contributed by atoms with Crippen molar-refractivity contribution in [2.45, 2.75) is 26.3 Å². The van der Waals surface area contributed by atoms with E-state index in [1.807, 2.05) is 55.1 Å². The summed E-state index contributed by atoms with van der Waals surface area (Å²) in [5.74, 6) is 0.655. The van der Waals surface area contributed by atoms with Crippen LogP contribution in [-0.2, 0) is 11.8 Å². The lowest BCUT2D eigenvalue weighted by Crippen LogP contribution is -2.08. The van der Waals surface area contributed by atoms with Crippen molar-refractivity contribution in [2.24, 2.45) is 12.0 Å². The number of imidazole rings is 1. The minimum atomic E-state index is -0.458. The van der Waals surface area contributed by atoms with Crippen molar-refractivity contribution in [3.8, 4) is 22.4 Å². The van der Waals surface area contributed by atoms with Gasteiger partial charge in [0.1, 0.15) is 11.8 Å². The average molecular weight is 445 g/mol. The number of nitrogens with zero attached hydrogens (tertiary/aromatic N) is 4. The van der Waals surface area contributed by atoms with E-state index in [-0.39, 0.29) is 12.2 Å². The van der Waals surface area contributed by atoms with Gasteiger partial charge in [0.15, 0.2) is 5.76 Å². The molecule has 0 bridgehead atoms. The average Bonchev–Trinajstić information content (AvgIpc) is 3.33. The highest BCUT2D eigenvalue weighted by Gasteiger charge is 2.31. The molecule has 4 aromatic rings. The SMILES string of the molecule is CC(=O)C[C@@H]1N=C(c2ccc(Cl)cc2)c2cc(-c3cn(C)cn3)ccc2-c2c(C)noc21. The second-order valence-corrected chi connectivity index (χ2v) is 8.53. The molecular weight excluding hydrogens is 424 g/mol. The van der Waals surface area contributed by atoms with E-state index in [4.69, 9.17) is 21.1 Å². The number of aryl methyl sites for hydroxylation is 2. The summed E-state index contributed by atoms with van der Waals surface area (Å²) in [7, 11) is 1.94. The van der Waals surface area contributed by atoms with E-state index in [1.54, 1.807) is 13.3 Å². The van der Waals surface area contributed by atoms with Crippen LogP contribution in [0.1, 0.15) is 42.0 Å². The van der Waals surface area contributed by atoms with Crippen LogP contribution in [0.3, 0.4) is 0 Å². The van der Waals surface area contributed by atoms with Crippen molar-refractivity contribution in [2.75, 3.05) is 0 Å². The number of carbonyl (C=O) groups is 1. The number of halogens is 1. The van der Waals surface area contributed by atoms with Gasteiger partial charge in [0.05, 0.1) is 29.0 Å². The van der Waals surface area contributed by atoms with Crippen LogP contribution in [0.2, 0.25) is 5.02 Å². The largest absolute Gasteiger partial charge is 0.358 e. The number of fused-ring (bicyclic) bond motifs is 3. The molecule has 3 heterocycles. The Morgan fingerprint density at radius 1 is 1.12 bits per heavy atom. The molecule has 0 saturated carbocycles. The van der Waals surface area contributed by atoms with Crippen molar-refractivity contribution in [1.29, 1.82) is 0 Å². The molecule has 5 rings (SSSR count). The number of hydrogen-bond donors (Lipinski definition) is 0. The highest BCUT2D eigenvalue weighted by Crippen LogP contribution is 2.42. The Balaban J connectivity index is 1.79. The number of carbonyl (C=O) groups excluding carboxylic acids is 1. The maximum Gasteiger partial charge on any atom is 0.169 e. The Hall–Kier alpha value is -3.51. The van der Waals surface area contributed by atoms with Crippen molar-refractivity contribution < 1.29 is 9.32 Å². The highest BCUT2D eigenvalue weighted by atomic mass is 35.5. The van der Waals surface area contributed by atoms with Crippen LogP contribution < -0.4 is 0 Å². The molecule has 1 aliphatic heterocycles. The van der Waals surface area contributed by atoms with E-state index in [0.717, 1.165) is 44.9 Å². The first-order chi connectivity index (χ1) is 15.4. The van der Waals surface area contributed by atoms with Crippen LogP contribution in [0.15, 0.2) is 64.5 Å². The molecule has 2 aromatic carbocycles. The normalized spacial score (nSPS) is 15.0. The molecular formula is C25H21ClN4O2. The van der Waals surface area contributed by atoms with Crippen molar-refractivity contribution in [1.82, 2.24) is 14.7 Å². The topological polar surface area (TPSA) is 73.3 Å². The number of rotatable bonds is 4. The molecule has 0 spiro atoms. The van der Waals surface area contributed by atoms with E-state index < -0.39 is 6.04 Å². The molecule has 1 aliphatic rings. The van der Waals surface area contributed by atoms with E-state index >= 15 is 0 Å². The molecule has 0 fully saturated rings. The highest BCUT2D eigenvalue weighted by molar-refractivity contribution is 6.30. The van der Waals surface area contributed by atoms with Crippen LogP contribution in [0.25, 0.3) is 22.4 Å². The predicted molar refractivity (Wildman–Crippen MR) is 124 cm³/mol. The van der Waals surface area contributed by atoms with Crippen LogP contribution in [0.4, 0.5) is 0 Å². The summed E-state index contributed by atoms with van der Waals surface area (Å²) in [6.45, 7) is 3.48. The summed E-state index contributed by atoms with van der Waals surface area (Å²) in [6.07, 6.45) is 3.99. The lowest BCUT2D eigenvalue weighted by molar-refractivity contribution is -0.117. The molecule has 1 atom stereocenters. The van der Waals surface area contributed by atoms with Crippen LogP contribution >= 0.6 is 11.6 Å². The van der Waals surface area contributed by atoms with Gasteiger partial charge in [-0.15, -0.1) is 0 Å². The fraction of sp³-hybridized carbons (Fsp3) is 0.200. The molecule has 0 aliphatic carbocycles. The summed E-state index contributed by atoms with van der Waals surface area (Å²) >= 11 is 6.15. The monoisotopic (exact) mass is 444 g/mol. The molecule has 0 unspecified atom stereocenters. The minimum Gasteiger partial charge on any atom is -0.358 e. The lowest BCUT2D eigenvalue weighted by Gasteiger charge is -2.13. The Kier molecular flexibility index (Phi) is 5.02. The third-order valence-corrected chi connectivity index (χ3v) is 5.87. The molecule has 0 radical (unpaired) electrons. The molecule has 0 amide bonds. The van der Waals surface area contributed by atoms with Gasteiger partial charge in [0.2, 0.25) is 0 Å². The van der Waals surface area contributed by atoms with Gasteiger partial charge in [0, 0.05) is 41.4 Å². The fourth-order valence-corrected chi connectivity index (χ4v) is 4.28. The first kappa shape index (κ1) is 20.4. The maximum atomic E-state index is 12.1. The molecule has 0 N–H and O–H groups in total. The van der Waals surface area contributed by atoms with Crippen LogP contribution in [-0.4, -0.2) is 26.2 Å². The zero-order valence-corrected chi connectivity index (χ0v) is 18.7. The molecule has 160 valence electrons. The molecule has 6 nitrogen and oxygen atoms in total. The second-order valence-electron chi connectivity index (χ2n) is 8.10. The second kappa shape index (κ2) is 7.88. The number of ketones is 1. The Bertz CT molecular complexity index is 1370. The van der Waals surface area contributed by atoms with Gasteiger partial charge in [0.25, 0.3) is 0 Å². The first-order valence-corrected chi connectivity index (χ1v) is 10.7. The van der Waals surface area contributed by atoms with E-state index in [9.17, 15) is 4.79 Å². The predicted octanol–water partition coefficient (Wildman–Crippen LogP) is 5.58. The lowest BCUT2D eigenvalue weighted by atomic mass is 9.91. The number of hydrogen-bond acceptors (Lipinski definition) is 5. The smallest absolute Gasteiger partial charge is 0.169 e. The number of Topliss-reactive ketones (excluding diaryl/α,β-unsaturated/α-hetero) is 1. The molecule has 0 saturated heterocycles. The van der Waals surface area contributed by atoms with Gasteiger partial charge < -0.3 is 9.09 Å². The van der Waals surface area contributed by atoms with E-state index in [2.05, 4.69) is 22.3 Å². The van der Waals surface area contributed by atoms with Crippen LogP contribution in [0, 0.1) is 6.92 Å². The summed E-state index contributed by atoms with van der Waals surface area (Å²) < 4.78 is 7.63. The number of benzene rings is 2. The van der Waals surface area contributed by atoms with Crippen molar-refractivity contribution >= 4 is 23.1 Å². The van der Waals surface area contributed by atoms with E-state index in [1.165, 1.54) is 0 Å². The zero-order valence-electron chi connectivity index (χ0n) is 18.0. The van der Waals surface area contributed by atoms with Gasteiger partial charge in [-0.25, -0.2) is 4.98 Å². The summed E-state index contributed by atoms with van der Waals surface area (Å²) in [5, 5.41) is 4.85. The number of aromatic nitrogens is 3. The fourth-order valence-electron chi connectivity index (χ4n) is 4.15. The van der Waals surface area contributed by atoms with Crippen molar-refractivity contribution in [3.63, 3.8) is 0 Å². The van der Waals surface area contributed by atoms with Gasteiger partial charge in [-0.3, -0.25) is 9.79 Å². The molecule has 2 aromatic heterocycles. The minimum absolute atomic E-state index is 0.0364. The molecule has 7 heteroatoms. The van der Waals surface area contributed by atoms with Gasteiger partial charge >= 0.3 is 0 Å². The standard InChI is InChI=1S/C25H21ClN4O2/c1-14(31)10-21-25-23(15(2)29-32-25)19-9-6-17(22-12-30(3)13-27-22)11-20(19)24(28-21)16-4-7-18(26)8-5-16/h4-9,11-13,21H,10H2,1-3H3/t21-/m0/s1. The van der Waals surface area contributed by atoms with Crippen LogP contribution in [0.5, 0.6) is 0 Å². The Labute approximate surface area is 190 Å². The van der Waals surface area contributed by atoms with Gasteiger partial charge in [-0.2, -0.15) is 0 Å². The number of aliphatic imine (C=N–C) groups is 1. The third kappa shape index (κ3) is 3.56. The summed E-state index contributed by atoms with van der Waals surface area (Å²) in [5.41, 5.74) is 7.13. The first-order valence-electron chi connectivity index (χ1n) is 10.3. The Morgan fingerprint density at radius 2 is 1.88 bits per heavy atom. The van der Waals surface area contributed by atoms with Gasteiger partial charge in [-0.1, -0.05) is 41.0 Å². The van der Waals surface area contributed by atoms with Gasteiger partial charge in [-0.05, 0) is 37.6 Å². The zero-order chi connectivity index (χ0) is 22.4. The quantitative estimate of drug-likeness (QED) is 0.412. The molecule has 32 heavy (non-hydrogen) atoms. The summed E-state index contributed by atoms with van der Waals surface area (Å²) in [4.78, 5) is 21.6. The maximum absolute atomic E-state index is 12.1. The van der Waals surface area contributed by atoms with Crippen molar-refractivity contribution in [3.05, 3.63) is 82.6 Å². The van der Waals surface area contributed by atoms with E-state index in [0.29, 0.717) is 10.8 Å². The third-order valence-electron chi connectivity index (χ3n) is 5.62. The summed E-state index contributed by atoms with van der Waals surface area (Å²) in [6, 6.07) is 13.3. The Morgan fingerprint density at radius 3 is 2.56 bits per heavy atom.